The van der Waals surface area contributed by atoms with Gasteiger partial charge in [0.15, 0.2) is 5.76 Å². The standard InChI is InChI=1S/C24H27NO5/c1-15-5-4-10-25(13-15)14-19-20(26)9-8-18-23(27)22(30-24(18)19)11-16-6-7-17(28-2)12-21(16)29-3/h6-9,11-12,15,26H,4-5,10,13-14H2,1-3H3/b22-11-/t15-/m1/s1. The van der Waals surface area contributed by atoms with Crippen LogP contribution in [-0.2, 0) is 6.54 Å². The van der Waals surface area contributed by atoms with Crippen LogP contribution in [0.5, 0.6) is 23.0 Å². The fourth-order valence-corrected chi connectivity index (χ4v) is 4.18. The minimum Gasteiger partial charge on any atom is -0.507 e. The number of carbonyl (C=O) groups is 1. The van der Waals surface area contributed by atoms with Crippen molar-refractivity contribution in [3.63, 3.8) is 0 Å². The van der Waals surface area contributed by atoms with Crippen LogP contribution in [0.2, 0.25) is 0 Å². The second kappa shape index (κ2) is 8.40. The maximum absolute atomic E-state index is 13.0. The van der Waals surface area contributed by atoms with Crippen molar-refractivity contribution in [1.29, 1.82) is 0 Å². The normalized spacial score (nSPS) is 20.2. The van der Waals surface area contributed by atoms with Crippen LogP contribution in [0.3, 0.4) is 0 Å². The molecule has 2 heterocycles. The Bertz CT molecular complexity index is 997. The van der Waals surface area contributed by atoms with Gasteiger partial charge in [0.1, 0.15) is 23.0 Å². The van der Waals surface area contributed by atoms with Gasteiger partial charge >= 0.3 is 0 Å². The Morgan fingerprint density at radius 2 is 2.07 bits per heavy atom. The van der Waals surface area contributed by atoms with Gasteiger partial charge in [0.2, 0.25) is 5.78 Å². The number of allylic oxidation sites excluding steroid dienone is 1. The number of ketones is 1. The molecule has 0 spiro atoms. The van der Waals surface area contributed by atoms with E-state index in [0.29, 0.717) is 46.4 Å². The lowest BCUT2D eigenvalue weighted by Crippen LogP contribution is -2.33. The molecule has 2 aliphatic rings. The topological polar surface area (TPSA) is 68.2 Å². The Hall–Kier alpha value is -2.99. The summed E-state index contributed by atoms with van der Waals surface area (Å²) in [5, 5.41) is 10.5. The molecule has 4 rings (SSSR count). The highest BCUT2D eigenvalue weighted by Gasteiger charge is 2.32. The molecule has 1 N–H and O–H groups in total. The molecule has 0 saturated carbocycles. The number of carbonyl (C=O) groups excluding carboxylic acids is 1. The number of aromatic hydroxyl groups is 1. The number of hydrogen-bond acceptors (Lipinski definition) is 6. The van der Waals surface area contributed by atoms with Crippen LogP contribution in [-0.4, -0.2) is 43.1 Å². The predicted molar refractivity (Wildman–Crippen MR) is 114 cm³/mol. The number of rotatable bonds is 5. The molecule has 1 atom stereocenters. The Labute approximate surface area is 176 Å². The molecule has 0 aliphatic carbocycles. The van der Waals surface area contributed by atoms with Gasteiger partial charge < -0.3 is 19.3 Å². The van der Waals surface area contributed by atoms with E-state index in [1.165, 1.54) is 6.42 Å². The minimum atomic E-state index is -0.198. The van der Waals surface area contributed by atoms with Crippen LogP contribution in [0.25, 0.3) is 6.08 Å². The number of Topliss-reactive ketones (excluding diaryl/α,β-unsaturated/α-hetero) is 1. The zero-order chi connectivity index (χ0) is 21.3. The third kappa shape index (κ3) is 3.87. The summed E-state index contributed by atoms with van der Waals surface area (Å²) in [6, 6.07) is 8.59. The average Bonchev–Trinajstić information content (AvgIpc) is 3.06. The molecule has 0 aromatic heterocycles. The summed E-state index contributed by atoms with van der Waals surface area (Å²) in [6.07, 6.45) is 4.03. The Morgan fingerprint density at radius 1 is 1.23 bits per heavy atom. The minimum absolute atomic E-state index is 0.156. The highest BCUT2D eigenvalue weighted by Crippen LogP contribution is 2.41. The van der Waals surface area contributed by atoms with Gasteiger partial charge in [-0.1, -0.05) is 6.92 Å². The quantitative estimate of drug-likeness (QED) is 0.745. The number of piperidine rings is 1. The summed E-state index contributed by atoms with van der Waals surface area (Å²) in [6.45, 7) is 4.76. The molecule has 2 aromatic carbocycles. The number of methoxy groups -OCH3 is 2. The second-order valence-electron chi connectivity index (χ2n) is 7.97. The van der Waals surface area contributed by atoms with Crippen LogP contribution in [0.4, 0.5) is 0 Å². The first-order valence-corrected chi connectivity index (χ1v) is 10.2. The van der Waals surface area contributed by atoms with Crippen LogP contribution >= 0.6 is 0 Å². The number of ether oxygens (including phenoxy) is 3. The van der Waals surface area contributed by atoms with Crippen molar-refractivity contribution in [2.75, 3.05) is 27.3 Å². The van der Waals surface area contributed by atoms with E-state index in [1.807, 2.05) is 6.07 Å². The van der Waals surface area contributed by atoms with E-state index in [2.05, 4.69) is 11.8 Å². The van der Waals surface area contributed by atoms with Crippen LogP contribution in [0.1, 0.15) is 41.3 Å². The lowest BCUT2D eigenvalue weighted by atomic mass is 9.99. The number of phenolic OH excluding ortho intramolecular Hbond substituents is 1. The van der Waals surface area contributed by atoms with Crippen molar-refractivity contribution < 1.29 is 24.1 Å². The van der Waals surface area contributed by atoms with Crippen molar-refractivity contribution in [1.82, 2.24) is 4.90 Å². The molecular formula is C24H27NO5. The third-order valence-corrected chi connectivity index (χ3v) is 5.77. The first-order chi connectivity index (χ1) is 14.5. The second-order valence-corrected chi connectivity index (χ2v) is 7.97. The SMILES string of the molecule is COc1ccc(/C=C2\Oc3c(ccc(O)c3CN3CCC[C@@H](C)C3)C2=O)c(OC)c1. The fraction of sp³-hybridized carbons (Fsp3) is 0.375. The Morgan fingerprint density at radius 3 is 2.80 bits per heavy atom. The molecule has 1 saturated heterocycles. The molecule has 30 heavy (non-hydrogen) atoms. The summed E-state index contributed by atoms with van der Waals surface area (Å²) in [7, 11) is 3.16. The molecule has 2 aromatic rings. The van der Waals surface area contributed by atoms with Gasteiger partial charge in [0, 0.05) is 24.7 Å². The average molecular weight is 409 g/mol. The molecule has 0 bridgehead atoms. The lowest BCUT2D eigenvalue weighted by molar-refractivity contribution is 0.101. The Balaban J connectivity index is 1.65. The van der Waals surface area contributed by atoms with Crippen LogP contribution < -0.4 is 14.2 Å². The first kappa shape index (κ1) is 20.3. The van der Waals surface area contributed by atoms with E-state index < -0.39 is 0 Å². The van der Waals surface area contributed by atoms with E-state index in [-0.39, 0.29) is 17.3 Å². The maximum atomic E-state index is 13.0. The van der Waals surface area contributed by atoms with E-state index in [9.17, 15) is 9.90 Å². The number of fused-ring (bicyclic) bond motifs is 1. The summed E-state index contributed by atoms with van der Waals surface area (Å²) < 4.78 is 16.7. The number of phenols is 1. The number of likely N-dealkylation sites (tertiary alicyclic amines) is 1. The lowest BCUT2D eigenvalue weighted by Gasteiger charge is -2.31. The highest BCUT2D eigenvalue weighted by molar-refractivity contribution is 6.15. The van der Waals surface area contributed by atoms with Gasteiger partial charge in [0.25, 0.3) is 0 Å². The Kier molecular flexibility index (Phi) is 5.68. The van der Waals surface area contributed by atoms with Crippen LogP contribution in [0, 0.1) is 5.92 Å². The molecule has 6 nitrogen and oxygen atoms in total. The van der Waals surface area contributed by atoms with Crippen molar-refractivity contribution in [3.05, 3.63) is 52.8 Å². The molecule has 158 valence electrons. The zero-order valence-electron chi connectivity index (χ0n) is 17.6. The third-order valence-electron chi connectivity index (χ3n) is 5.77. The summed E-state index contributed by atoms with van der Waals surface area (Å²) in [4.78, 5) is 15.3. The number of benzene rings is 2. The maximum Gasteiger partial charge on any atom is 0.231 e. The van der Waals surface area contributed by atoms with Crippen molar-refractivity contribution in [2.45, 2.75) is 26.3 Å². The summed E-state index contributed by atoms with van der Waals surface area (Å²) >= 11 is 0. The van der Waals surface area contributed by atoms with E-state index in [4.69, 9.17) is 14.2 Å². The summed E-state index contributed by atoms with van der Waals surface area (Å²) in [5.74, 6) is 2.50. The van der Waals surface area contributed by atoms with E-state index in [1.54, 1.807) is 44.6 Å². The summed E-state index contributed by atoms with van der Waals surface area (Å²) in [5.41, 5.74) is 1.86. The molecule has 2 aliphatic heterocycles. The molecule has 6 heteroatoms. The van der Waals surface area contributed by atoms with E-state index in [0.717, 1.165) is 19.5 Å². The van der Waals surface area contributed by atoms with Gasteiger partial charge in [-0.15, -0.1) is 0 Å². The van der Waals surface area contributed by atoms with Gasteiger partial charge in [-0.3, -0.25) is 9.69 Å². The van der Waals surface area contributed by atoms with Gasteiger partial charge in [0.05, 0.1) is 25.3 Å². The highest BCUT2D eigenvalue weighted by atomic mass is 16.5. The van der Waals surface area contributed by atoms with Crippen molar-refractivity contribution in [3.8, 4) is 23.0 Å². The van der Waals surface area contributed by atoms with Gasteiger partial charge in [-0.05, 0) is 55.6 Å². The van der Waals surface area contributed by atoms with Gasteiger partial charge in [-0.2, -0.15) is 0 Å². The number of nitrogens with zero attached hydrogens (tertiary/aromatic N) is 1. The smallest absolute Gasteiger partial charge is 0.231 e. The first-order valence-electron chi connectivity index (χ1n) is 10.2. The monoisotopic (exact) mass is 409 g/mol. The van der Waals surface area contributed by atoms with E-state index >= 15 is 0 Å². The van der Waals surface area contributed by atoms with Gasteiger partial charge in [-0.25, -0.2) is 0 Å². The molecule has 0 unspecified atom stereocenters. The zero-order valence-corrected chi connectivity index (χ0v) is 17.6. The molecule has 0 amide bonds. The molecular weight excluding hydrogens is 382 g/mol. The van der Waals surface area contributed by atoms with Crippen LogP contribution in [0.15, 0.2) is 36.1 Å². The number of hydrogen-bond donors (Lipinski definition) is 1. The molecule has 0 radical (unpaired) electrons. The van der Waals surface area contributed by atoms with Crippen molar-refractivity contribution >= 4 is 11.9 Å². The fourth-order valence-electron chi connectivity index (χ4n) is 4.18. The predicted octanol–water partition coefficient (Wildman–Crippen LogP) is 4.26. The molecule has 1 fully saturated rings. The largest absolute Gasteiger partial charge is 0.507 e. The van der Waals surface area contributed by atoms with Crippen molar-refractivity contribution in [2.24, 2.45) is 5.92 Å².